The molecule has 1 heterocycles. The fourth-order valence-electron chi connectivity index (χ4n) is 3.23. The maximum atomic E-state index is 12.9. The van der Waals surface area contributed by atoms with Crippen molar-refractivity contribution in [3.63, 3.8) is 0 Å². The van der Waals surface area contributed by atoms with E-state index < -0.39 is 5.41 Å². The molecule has 3 rings (SSSR count). The molecular formula is C18H20N2O. The van der Waals surface area contributed by atoms with E-state index in [1.807, 2.05) is 43.3 Å². The fourth-order valence-corrected chi connectivity index (χ4v) is 3.23. The summed E-state index contributed by atoms with van der Waals surface area (Å²) < 4.78 is 0. The van der Waals surface area contributed by atoms with Gasteiger partial charge in [-0.3, -0.25) is 4.79 Å². The van der Waals surface area contributed by atoms with Crippen molar-refractivity contribution in [2.75, 3.05) is 5.32 Å². The van der Waals surface area contributed by atoms with E-state index in [9.17, 15) is 4.79 Å². The lowest BCUT2D eigenvalue weighted by Gasteiger charge is -2.28. The fraction of sp³-hybridized carbons (Fsp3) is 0.333. The number of nitrogens with one attached hydrogen (secondary N) is 1. The molecule has 0 atom stereocenters. The summed E-state index contributed by atoms with van der Waals surface area (Å²) in [5.41, 5.74) is 1.63. The Bertz CT molecular complexity index is 631. The Morgan fingerprint density at radius 2 is 1.76 bits per heavy atom. The molecular weight excluding hydrogens is 260 g/mol. The second-order valence-corrected chi connectivity index (χ2v) is 5.77. The third kappa shape index (κ3) is 2.68. The van der Waals surface area contributed by atoms with Gasteiger partial charge in [0, 0.05) is 5.69 Å². The summed E-state index contributed by atoms with van der Waals surface area (Å²) in [6.45, 7) is 1.93. The van der Waals surface area contributed by atoms with Crippen LogP contribution in [-0.2, 0) is 10.2 Å². The largest absolute Gasteiger partial charge is 0.310 e. The zero-order valence-corrected chi connectivity index (χ0v) is 12.3. The number of anilines is 1. The SMILES string of the molecule is Cc1cccc(NC(=O)C2(c3ccccc3)CCCC2)n1. The number of hydrogen-bond acceptors (Lipinski definition) is 2. The molecule has 0 aliphatic heterocycles. The number of benzene rings is 1. The summed E-state index contributed by atoms with van der Waals surface area (Å²) in [4.78, 5) is 17.3. The van der Waals surface area contributed by atoms with Crippen molar-refractivity contribution in [1.29, 1.82) is 0 Å². The first-order valence-corrected chi connectivity index (χ1v) is 7.51. The Labute approximate surface area is 125 Å². The molecule has 1 amide bonds. The highest BCUT2D eigenvalue weighted by molar-refractivity contribution is 5.98. The smallest absolute Gasteiger partial charge is 0.236 e. The Morgan fingerprint density at radius 1 is 1.05 bits per heavy atom. The van der Waals surface area contributed by atoms with E-state index in [1.54, 1.807) is 0 Å². The molecule has 2 aromatic rings. The van der Waals surface area contributed by atoms with Gasteiger partial charge in [0.25, 0.3) is 0 Å². The van der Waals surface area contributed by atoms with Crippen LogP contribution in [0.25, 0.3) is 0 Å². The molecule has 21 heavy (non-hydrogen) atoms. The summed E-state index contributed by atoms with van der Waals surface area (Å²) in [5, 5.41) is 3.01. The highest BCUT2D eigenvalue weighted by Gasteiger charge is 2.42. The summed E-state index contributed by atoms with van der Waals surface area (Å²) in [6, 6.07) is 15.8. The molecule has 0 radical (unpaired) electrons. The first-order valence-electron chi connectivity index (χ1n) is 7.51. The minimum Gasteiger partial charge on any atom is -0.310 e. The van der Waals surface area contributed by atoms with Crippen LogP contribution in [0.1, 0.15) is 36.9 Å². The normalized spacial score (nSPS) is 16.6. The summed E-state index contributed by atoms with van der Waals surface area (Å²) in [7, 11) is 0. The Balaban J connectivity index is 1.89. The zero-order valence-electron chi connectivity index (χ0n) is 12.3. The van der Waals surface area contributed by atoms with Crippen LogP contribution in [0.2, 0.25) is 0 Å². The first-order chi connectivity index (χ1) is 10.2. The quantitative estimate of drug-likeness (QED) is 0.928. The number of hydrogen-bond donors (Lipinski definition) is 1. The van der Waals surface area contributed by atoms with Crippen molar-refractivity contribution in [3.05, 3.63) is 59.8 Å². The number of amides is 1. The molecule has 0 bridgehead atoms. The van der Waals surface area contributed by atoms with Gasteiger partial charge in [-0.25, -0.2) is 4.98 Å². The maximum absolute atomic E-state index is 12.9. The molecule has 0 spiro atoms. The Morgan fingerprint density at radius 3 is 2.43 bits per heavy atom. The van der Waals surface area contributed by atoms with Crippen LogP contribution in [0, 0.1) is 6.92 Å². The lowest BCUT2D eigenvalue weighted by molar-refractivity contribution is -0.121. The summed E-state index contributed by atoms with van der Waals surface area (Å²) in [5.74, 6) is 0.714. The van der Waals surface area contributed by atoms with E-state index in [2.05, 4.69) is 22.4 Å². The number of nitrogens with zero attached hydrogens (tertiary/aromatic N) is 1. The van der Waals surface area contributed by atoms with E-state index in [1.165, 1.54) is 0 Å². The van der Waals surface area contributed by atoms with Crippen LogP contribution in [0.5, 0.6) is 0 Å². The number of aromatic nitrogens is 1. The van der Waals surface area contributed by atoms with E-state index >= 15 is 0 Å². The van der Waals surface area contributed by atoms with Crippen molar-refractivity contribution < 1.29 is 4.79 Å². The summed E-state index contributed by atoms with van der Waals surface area (Å²) in [6.07, 6.45) is 4.02. The minimum atomic E-state index is -0.396. The lowest BCUT2D eigenvalue weighted by Crippen LogP contribution is -2.38. The Hall–Kier alpha value is -2.16. The van der Waals surface area contributed by atoms with Crippen LogP contribution < -0.4 is 5.32 Å². The van der Waals surface area contributed by atoms with Gasteiger partial charge in [-0.1, -0.05) is 49.2 Å². The van der Waals surface area contributed by atoms with Crippen LogP contribution in [0.3, 0.4) is 0 Å². The topological polar surface area (TPSA) is 42.0 Å². The van der Waals surface area contributed by atoms with Gasteiger partial charge in [-0.15, -0.1) is 0 Å². The van der Waals surface area contributed by atoms with Crippen molar-refractivity contribution >= 4 is 11.7 Å². The second-order valence-electron chi connectivity index (χ2n) is 5.77. The Kier molecular flexibility index (Phi) is 3.74. The molecule has 1 N–H and O–H groups in total. The van der Waals surface area contributed by atoms with Gasteiger partial charge in [-0.05, 0) is 37.5 Å². The molecule has 0 unspecified atom stereocenters. The molecule has 1 aromatic carbocycles. The van der Waals surface area contributed by atoms with Crippen LogP contribution >= 0.6 is 0 Å². The van der Waals surface area contributed by atoms with Crippen LogP contribution in [-0.4, -0.2) is 10.9 Å². The van der Waals surface area contributed by atoms with Crippen LogP contribution in [0.15, 0.2) is 48.5 Å². The van der Waals surface area contributed by atoms with Crippen molar-refractivity contribution in [2.24, 2.45) is 0 Å². The van der Waals surface area contributed by atoms with Gasteiger partial charge in [-0.2, -0.15) is 0 Å². The average molecular weight is 280 g/mol. The number of carbonyl (C=O) groups is 1. The molecule has 1 saturated carbocycles. The van der Waals surface area contributed by atoms with E-state index in [0.717, 1.165) is 36.9 Å². The number of rotatable bonds is 3. The number of pyridine rings is 1. The second kappa shape index (κ2) is 5.68. The molecule has 1 fully saturated rings. The van der Waals surface area contributed by atoms with Gasteiger partial charge in [0.15, 0.2) is 0 Å². The van der Waals surface area contributed by atoms with Crippen molar-refractivity contribution in [3.8, 4) is 0 Å². The third-order valence-corrected chi connectivity index (χ3v) is 4.35. The predicted octanol–water partition coefficient (Wildman–Crippen LogP) is 3.84. The van der Waals surface area contributed by atoms with Crippen molar-refractivity contribution in [2.45, 2.75) is 38.0 Å². The van der Waals surface area contributed by atoms with Gasteiger partial charge in [0.1, 0.15) is 5.82 Å². The lowest BCUT2D eigenvalue weighted by atomic mass is 9.78. The minimum absolute atomic E-state index is 0.0734. The average Bonchev–Trinajstić information content (AvgIpc) is 2.99. The van der Waals surface area contributed by atoms with E-state index in [4.69, 9.17) is 0 Å². The van der Waals surface area contributed by atoms with E-state index in [-0.39, 0.29) is 5.91 Å². The highest BCUT2D eigenvalue weighted by atomic mass is 16.2. The first kappa shape index (κ1) is 13.8. The number of carbonyl (C=O) groups excluding carboxylic acids is 1. The molecule has 3 nitrogen and oxygen atoms in total. The monoisotopic (exact) mass is 280 g/mol. The van der Waals surface area contributed by atoms with E-state index in [0.29, 0.717) is 5.82 Å². The highest BCUT2D eigenvalue weighted by Crippen LogP contribution is 2.41. The standard InChI is InChI=1S/C18H20N2O/c1-14-8-7-11-16(19-14)20-17(21)18(12-5-6-13-18)15-9-3-2-4-10-15/h2-4,7-11H,5-6,12-13H2,1H3,(H,19,20,21). The van der Waals surface area contributed by atoms with Gasteiger partial charge in [0.2, 0.25) is 5.91 Å². The third-order valence-electron chi connectivity index (χ3n) is 4.35. The maximum Gasteiger partial charge on any atom is 0.236 e. The molecule has 3 heteroatoms. The number of aryl methyl sites for hydroxylation is 1. The summed E-state index contributed by atoms with van der Waals surface area (Å²) >= 11 is 0. The molecule has 1 aliphatic rings. The molecule has 1 aliphatic carbocycles. The zero-order chi connectivity index (χ0) is 14.7. The molecule has 0 saturated heterocycles. The van der Waals surface area contributed by atoms with Gasteiger partial charge < -0.3 is 5.32 Å². The predicted molar refractivity (Wildman–Crippen MR) is 84.2 cm³/mol. The van der Waals surface area contributed by atoms with Crippen molar-refractivity contribution in [1.82, 2.24) is 4.98 Å². The van der Waals surface area contributed by atoms with Gasteiger partial charge >= 0.3 is 0 Å². The van der Waals surface area contributed by atoms with Crippen LogP contribution in [0.4, 0.5) is 5.82 Å². The molecule has 108 valence electrons. The molecule has 1 aromatic heterocycles. The van der Waals surface area contributed by atoms with Gasteiger partial charge in [0.05, 0.1) is 5.41 Å².